The van der Waals surface area contributed by atoms with Crippen molar-refractivity contribution in [3.63, 3.8) is 0 Å². The minimum atomic E-state index is -4.01. The monoisotopic (exact) mass is 604 g/mol. The van der Waals surface area contributed by atoms with E-state index in [0.717, 1.165) is 9.13 Å². The number of hydrogen-bond donors (Lipinski definition) is 4. The normalized spacial score (nSPS) is 27.9. The van der Waals surface area contributed by atoms with Crippen LogP contribution in [0.3, 0.4) is 0 Å². The van der Waals surface area contributed by atoms with Gasteiger partial charge >= 0.3 is 24.1 Å². The topological polar surface area (TPSA) is 213 Å². The Morgan fingerprint density at radius 3 is 2.00 bits per heavy atom. The molecule has 220 valence electrons. The van der Waals surface area contributed by atoms with E-state index in [1.165, 1.54) is 33.2 Å². The van der Waals surface area contributed by atoms with E-state index in [4.69, 9.17) is 35.1 Å². The Morgan fingerprint density at radius 2 is 1.50 bits per heavy atom. The highest BCUT2D eigenvalue weighted by Gasteiger charge is 2.43. The van der Waals surface area contributed by atoms with Gasteiger partial charge in [-0.05, 0) is 25.7 Å². The number of carbonyl (C=O) groups excluding carboxylic acids is 1. The Bertz CT molecular complexity index is 1550. The number of aryl methyl sites for hydroxylation is 2. The van der Waals surface area contributed by atoms with Gasteiger partial charge in [-0.25, -0.2) is 9.59 Å². The molecule has 0 radical (unpaired) electrons. The number of nitrogens with zero attached hydrogens (tertiary/aromatic N) is 2. The summed E-state index contributed by atoms with van der Waals surface area (Å²) < 4.78 is 30.3. The van der Waals surface area contributed by atoms with E-state index in [1.807, 2.05) is 0 Å². The van der Waals surface area contributed by atoms with Gasteiger partial charge in [-0.1, -0.05) is 0 Å². The van der Waals surface area contributed by atoms with Gasteiger partial charge in [0.15, 0.2) is 0 Å². The molecule has 0 spiro atoms. The van der Waals surface area contributed by atoms with Crippen LogP contribution < -0.4 is 22.5 Å². The van der Waals surface area contributed by atoms with Crippen LogP contribution in [-0.2, 0) is 39.9 Å². The fourth-order valence-corrected chi connectivity index (χ4v) is 5.95. The number of aliphatic hydroxyl groups is 1. The molecule has 18 heteroatoms. The van der Waals surface area contributed by atoms with Crippen LogP contribution in [0.5, 0.6) is 0 Å². The molecule has 2 aromatic rings. The molecule has 0 aromatic carbocycles. The average molecular weight is 605 g/mol. The number of nitrogens with one attached hydrogen (secondary N) is 2. The fourth-order valence-electron chi connectivity index (χ4n) is 4.47. The van der Waals surface area contributed by atoms with Gasteiger partial charge in [0.25, 0.3) is 11.1 Å². The van der Waals surface area contributed by atoms with Crippen LogP contribution in [0.15, 0.2) is 31.6 Å². The van der Waals surface area contributed by atoms with Crippen molar-refractivity contribution in [2.75, 3.05) is 13.2 Å². The maximum absolute atomic E-state index is 12.3. The van der Waals surface area contributed by atoms with Crippen LogP contribution >= 0.6 is 6.72 Å². The summed E-state index contributed by atoms with van der Waals surface area (Å²) in [4.78, 5) is 74.8. The van der Waals surface area contributed by atoms with E-state index in [-0.39, 0.29) is 24.0 Å². The van der Waals surface area contributed by atoms with Crippen LogP contribution in [0.2, 0.25) is 0 Å². The number of aromatic amines is 2. The highest BCUT2D eigenvalue weighted by Crippen LogP contribution is 2.49. The molecular formula is C22H29N4O12PS. The molecule has 0 saturated carbocycles. The third-order valence-electron chi connectivity index (χ3n) is 6.44. The summed E-state index contributed by atoms with van der Waals surface area (Å²) in [5.41, 5.74) is -2.01. The first-order valence-corrected chi connectivity index (χ1v) is 14.8. The third kappa shape index (κ3) is 6.75. The second kappa shape index (κ2) is 12.0. The number of H-pyrrole nitrogens is 2. The van der Waals surface area contributed by atoms with Crippen molar-refractivity contribution in [3.05, 3.63) is 65.2 Å². The molecule has 0 amide bonds. The summed E-state index contributed by atoms with van der Waals surface area (Å²) in [5, 5.41) is 9.77. The van der Waals surface area contributed by atoms with Gasteiger partial charge in [-0.2, -0.15) is 0 Å². The molecule has 1 unspecified atom stereocenters. The molecular weight excluding hydrogens is 575 g/mol. The van der Waals surface area contributed by atoms with Crippen LogP contribution in [0.25, 0.3) is 0 Å². The molecule has 4 rings (SSSR count). The van der Waals surface area contributed by atoms with Crippen LogP contribution in [0.1, 0.15) is 43.3 Å². The molecule has 40 heavy (non-hydrogen) atoms. The third-order valence-corrected chi connectivity index (χ3v) is 8.03. The first kappa shape index (κ1) is 30.2. The minimum absolute atomic E-state index is 0.00845. The van der Waals surface area contributed by atoms with E-state index in [0.29, 0.717) is 0 Å². The Hall–Kier alpha value is -2.76. The van der Waals surface area contributed by atoms with E-state index in [9.17, 15) is 34.0 Å². The quantitative estimate of drug-likeness (QED) is 0.196. The lowest BCUT2D eigenvalue weighted by atomic mass is 10.2. The molecule has 4 heterocycles. The minimum Gasteiger partial charge on any atom is -0.460 e. The largest absolute Gasteiger partial charge is 0.460 e. The van der Waals surface area contributed by atoms with Crippen molar-refractivity contribution in [1.29, 1.82) is 0 Å². The summed E-state index contributed by atoms with van der Waals surface area (Å²) >= 11 is 5.15. The van der Waals surface area contributed by atoms with Crippen molar-refractivity contribution < 1.29 is 38.1 Å². The molecule has 4 N–H and O–H groups in total. The van der Waals surface area contributed by atoms with Gasteiger partial charge in [-0.15, -0.1) is 0 Å². The average Bonchev–Trinajstić information content (AvgIpc) is 3.45. The maximum Gasteiger partial charge on any atom is 0.330 e. The van der Waals surface area contributed by atoms with E-state index in [1.54, 1.807) is 0 Å². The highest BCUT2D eigenvalue weighted by atomic mass is 32.5. The molecule has 7 atom stereocenters. The zero-order valence-electron chi connectivity index (χ0n) is 21.7. The second-order valence-corrected chi connectivity index (χ2v) is 12.2. The van der Waals surface area contributed by atoms with Gasteiger partial charge in [0.1, 0.15) is 30.8 Å². The summed E-state index contributed by atoms with van der Waals surface area (Å²) in [6.45, 7) is -0.704. The molecule has 2 aromatic heterocycles. The van der Waals surface area contributed by atoms with Gasteiger partial charge in [-0.3, -0.25) is 33.5 Å². The van der Waals surface area contributed by atoms with Crippen LogP contribution in [0.4, 0.5) is 0 Å². The molecule has 2 aliphatic rings. The zero-order chi connectivity index (χ0) is 29.4. The fraction of sp³-hybridized carbons (Fsp3) is 0.591. The van der Waals surface area contributed by atoms with E-state index < -0.39 is 85.3 Å². The Balaban J connectivity index is 1.44. The molecule has 2 saturated heterocycles. The highest BCUT2D eigenvalue weighted by molar-refractivity contribution is 8.07. The number of esters is 1. The lowest BCUT2D eigenvalue weighted by molar-refractivity contribution is -0.150. The Morgan fingerprint density at radius 1 is 1.00 bits per heavy atom. The summed E-state index contributed by atoms with van der Waals surface area (Å²) in [6.07, 6.45) is -2.96. The smallest absolute Gasteiger partial charge is 0.330 e. The van der Waals surface area contributed by atoms with Crippen molar-refractivity contribution in [3.8, 4) is 0 Å². The van der Waals surface area contributed by atoms with Crippen LogP contribution in [0, 0.1) is 13.8 Å². The van der Waals surface area contributed by atoms with Gasteiger partial charge in [0.05, 0.1) is 19.3 Å². The first-order valence-electron chi connectivity index (χ1n) is 12.2. The first-order chi connectivity index (χ1) is 18.8. The standard InChI is InChI=1S/C22H29N4O12PS/c1-10-6-25(21(31)23-19(10)29)17-4-13(35-12(3)28)16(37-17)9-34-39(33,40)38-14-5-18(36-15(14)8-27)26-7-11(2)20(30)24-22(26)32/h6-7,13-18,27H,4-5,8-9H2,1-3H3,(H,33,40)(H,23,29,31)(H,24,30,32)/t13-,14-,15+,16+,17+,18+,39?/m0/s1. The van der Waals surface area contributed by atoms with Crippen molar-refractivity contribution >= 4 is 24.5 Å². The number of carbonyl (C=O) groups is 1. The Labute approximate surface area is 230 Å². The second-order valence-electron chi connectivity index (χ2n) is 9.43. The number of ether oxygens (including phenoxy) is 3. The number of aliphatic hydroxyl groups excluding tert-OH is 1. The van der Waals surface area contributed by atoms with Gasteiger partial charge in [0, 0.05) is 43.3 Å². The van der Waals surface area contributed by atoms with Crippen molar-refractivity contribution in [2.45, 2.75) is 70.5 Å². The lowest BCUT2D eigenvalue weighted by Gasteiger charge is -2.25. The molecule has 16 nitrogen and oxygen atoms in total. The molecule has 0 bridgehead atoms. The number of aromatic nitrogens is 4. The van der Waals surface area contributed by atoms with Crippen LogP contribution in [-0.4, -0.2) is 72.7 Å². The lowest BCUT2D eigenvalue weighted by Crippen LogP contribution is -2.33. The molecule has 2 fully saturated rings. The molecule has 2 aliphatic heterocycles. The molecule has 0 aliphatic carbocycles. The number of rotatable bonds is 9. The van der Waals surface area contributed by atoms with E-state index in [2.05, 4.69) is 9.97 Å². The Kier molecular flexibility index (Phi) is 9.06. The predicted octanol–water partition coefficient (Wildman–Crippen LogP) is -1.18. The summed E-state index contributed by atoms with van der Waals surface area (Å²) in [7, 11) is 0. The maximum atomic E-state index is 12.3. The SMILES string of the molecule is CC(=O)O[C@H]1C[C@H](n2cc(C)c(=O)[nH]c2=O)O[C@@H]1COP(O)(=S)O[C@H]1C[C@H](n2cc(C)c(=O)[nH]c2=O)O[C@@H]1CO. The summed E-state index contributed by atoms with van der Waals surface area (Å²) in [5.74, 6) is -0.614. The van der Waals surface area contributed by atoms with Gasteiger partial charge in [0.2, 0.25) is 0 Å². The van der Waals surface area contributed by atoms with E-state index >= 15 is 0 Å². The zero-order valence-corrected chi connectivity index (χ0v) is 23.4. The van der Waals surface area contributed by atoms with Crippen molar-refractivity contribution in [2.24, 2.45) is 0 Å². The van der Waals surface area contributed by atoms with Crippen molar-refractivity contribution in [1.82, 2.24) is 19.1 Å². The summed E-state index contributed by atoms with van der Waals surface area (Å²) in [6, 6.07) is 0. The number of hydrogen-bond acceptors (Lipinski definition) is 12. The van der Waals surface area contributed by atoms with Gasteiger partial charge < -0.3 is 33.3 Å². The predicted molar refractivity (Wildman–Crippen MR) is 139 cm³/mol.